The molecule has 0 radical (unpaired) electrons. The van der Waals surface area contributed by atoms with Gasteiger partial charge in [-0.3, -0.25) is 9.59 Å². The topological polar surface area (TPSA) is 53.1 Å². The lowest BCUT2D eigenvalue weighted by Gasteiger charge is -2.57. The van der Waals surface area contributed by atoms with Crippen molar-refractivity contribution in [2.75, 3.05) is 40.3 Å². The smallest absolute Gasteiger partial charge is 0.260 e. The summed E-state index contributed by atoms with van der Waals surface area (Å²) < 4.78 is 5.75. The fourth-order valence-electron chi connectivity index (χ4n) is 5.46. The van der Waals surface area contributed by atoms with E-state index < -0.39 is 0 Å². The van der Waals surface area contributed by atoms with Crippen molar-refractivity contribution < 1.29 is 14.3 Å². The SMILES string of the molecule is Cc1ccc(OCC(=O)N2C[C@H]3C[C@@H](C2)[C@H](CN(C)C)N2C(=O)CCC[C@@H]32)cc1. The van der Waals surface area contributed by atoms with Crippen molar-refractivity contribution in [1.82, 2.24) is 14.7 Å². The second-order valence-corrected chi connectivity index (χ2v) is 9.25. The van der Waals surface area contributed by atoms with Crippen molar-refractivity contribution in [1.29, 1.82) is 0 Å². The molecule has 0 aromatic heterocycles. The second kappa shape index (κ2) is 8.34. The lowest BCUT2D eigenvalue weighted by Crippen LogP contribution is -2.67. The molecule has 0 aliphatic carbocycles. The molecule has 0 spiro atoms. The minimum atomic E-state index is 0.0551. The maximum absolute atomic E-state index is 12.9. The van der Waals surface area contributed by atoms with Crippen LogP contribution in [-0.4, -0.2) is 78.9 Å². The lowest BCUT2D eigenvalue weighted by atomic mass is 9.72. The van der Waals surface area contributed by atoms with Gasteiger partial charge in [-0.15, -0.1) is 0 Å². The van der Waals surface area contributed by atoms with Gasteiger partial charge in [0.2, 0.25) is 5.91 Å². The first-order valence-electron chi connectivity index (χ1n) is 10.9. The van der Waals surface area contributed by atoms with Crippen LogP contribution in [0.4, 0.5) is 0 Å². The molecular formula is C23H33N3O3. The molecule has 3 aliphatic heterocycles. The van der Waals surface area contributed by atoms with Crippen LogP contribution in [-0.2, 0) is 9.59 Å². The Kier molecular flexibility index (Phi) is 5.81. The summed E-state index contributed by atoms with van der Waals surface area (Å²) in [4.78, 5) is 32.1. The van der Waals surface area contributed by atoms with E-state index in [9.17, 15) is 9.59 Å². The Balaban J connectivity index is 1.45. The zero-order valence-corrected chi connectivity index (χ0v) is 17.8. The van der Waals surface area contributed by atoms with Crippen molar-refractivity contribution in [2.24, 2.45) is 11.8 Å². The maximum Gasteiger partial charge on any atom is 0.260 e. The minimum Gasteiger partial charge on any atom is -0.484 e. The third-order valence-electron chi connectivity index (χ3n) is 6.78. The van der Waals surface area contributed by atoms with E-state index in [0.717, 1.165) is 44.6 Å². The molecule has 3 heterocycles. The van der Waals surface area contributed by atoms with Gasteiger partial charge in [0.15, 0.2) is 6.61 Å². The van der Waals surface area contributed by atoms with Crippen LogP contribution >= 0.6 is 0 Å². The first kappa shape index (κ1) is 20.2. The fourth-order valence-corrected chi connectivity index (χ4v) is 5.46. The standard InChI is InChI=1S/C23H33N3O3/c1-16-7-9-19(10-8-16)29-15-23(28)25-12-17-11-18(13-25)21(14-24(2)3)26-20(17)5-4-6-22(26)27/h7-10,17-18,20-21H,4-6,11-15H2,1-3H3/t17-,18+,20+,21+/m1/s1. The van der Waals surface area contributed by atoms with Crippen LogP contribution in [0.25, 0.3) is 0 Å². The Morgan fingerprint density at radius 2 is 1.90 bits per heavy atom. The van der Waals surface area contributed by atoms with Crippen molar-refractivity contribution in [3.63, 3.8) is 0 Å². The zero-order chi connectivity index (χ0) is 20.5. The van der Waals surface area contributed by atoms with Crippen molar-refractivity contribution in [3.8, 4) is 5.75 Å². The molecule has 0 N–H and O–H groups in total. The average molecular weight is 400 g/mol. The second-order valence-electron chi connectivity index (χ2n) is 9.25. The number of amides is 2. The first-order chi connectivity index (χ1) is 13.9. The molecule has 2 bridgehead atoms. The molecule has 0 unspecified atom stereocenters. The van der Waals surface area contributed by atoms with Gasteiger partial charge >= 0.3 is 0 Å². The highest BCUT2D eigenvalue weighted by molar-refractivity contribution is 5.79. The number of carbonyl (C=O) groups excluding carboxylic acids is 2. The Labute approximate surface area is 173 Å². The predicted molar refractivity (Wildman–Crippen MR) is 112 cm³/mol. The van der Waals surface area contributed by atoms with Crippen LogP contribution in [0.1, 0.15) is 31.2 Å². The van der Waals surface area contributed by atoms with Crippen molar-refractivity contribution in [3.05, 3.63) is 29.8 Å². The lowest BCUT2D eigenvalue weighted by molar-refractivity contribution is -0.157. The number of rotatable bonds is 5. The number of ether oxygens (including phenoxy) is 1. The molecule has 3 saturated heterocycles. The molecule has 3 fully saturated rings. The number of hydrogen-bond donors (Lipinski definition) is 0. The van der Waals surface area contributed by atoms with Gasteiger partial charge in [0.1, 0.15) is 5.75 Å². The van der Waals surface area contributed by atoms with Crippen LogP contribution in [0.15, 0.2) is 24.3 Å². The van der Waals surface area contributed by atoms with Crippen LogP contribution in [0.5, 0.6) is 5.75 Å². The quantitative estimate of drug-likeness (QED) is 0.762. The van der Waals surface area contributed by atoms with E-state index in [1.807, 2.05) is 36.1 Å². The van der Waals surface area contributed by atoms with E-state index in [0.29, 0.717) is 24.2 Å². The predicted octanol–water partition coefficient (Wildman–Crippen LogP) is 2.16. The summed E-state index contributed by atoms with van der Waals surface area (Å²) in [5.41, 5.74) is 1.17. The number of hydrogen-bond acceptors (Lipinski definition) is 4. The van der Waals surface area contributed by atoms with E-state index in [4.69, 9.17) is 4.74 Å². The third-order valence-corrected chi connectivity index (χ3v) is 6.78. The number of piperidine rings is 3. The normalized spacial score (nSPS) is 29.0. The summed E-state index contributed by atoms with van der Waals surface area (Å²) in [6, 6.07) is 8.29. The van der Waals surface area contributed by atoms with Gasteiger partial charge in [-0.1, -0.05) is 17.7 Å². The largest absolute Gasteiger partial charge is 0.484 e. The van der Waals surface area contributed by atoms with Gasteiger partial charge in [-0.2, -0.15) is 0 Å². The number of likely N-dealkylation sites (tertiary alicyclic amines) is 1. The van der Waals surface area contributed by atoms with E-state index in [2.05, 4.69) is 23.9 Å². The van der Waals surface area contributed by atoms with Gasteiger partial charge < -0.3 is 19.4 Å². The molecule has 4 atom stereocenters. The van der Waals surface area contributed by atoms with Gasteiger partial charge in [0.25, 0.3) is 5.91 Å². The molecule has 29 heavy (non-hydrogen) atoms. The molecular weight excluding hydrogens is 366 g/mol. The van der Waals surface area contributed by atoms with Crippen LogP contribution in [0.2, 0.25) is 0 Å². The van der Waals surface area contributed by atoms with Crippen LogP contribution < -0.4 is 4.74 Å². The summed E-state index contributed by atoms with van der Waals surface area (Å²) in [7, 11) is 4.13. The highest BCUT2D eigenvalue weighted by Gasteiger charge is 2.50. The first-order valence-corrected chi connectivity index (χ1v) is 10.9. The average Bonchev–Trinajstić information content (AvgIpc) is 2.70. The molecule has 1 aromatic rings. The number of likely N-dealkylation sites (N-methyl/N-ethyl adjacent to an activating group) is 1. The van der Waals surface area contributed by atoms with E-state index in [1.165, 1.54) is 5.56 Å². The van der Waals surface area contributed by atoms with E-state index in [1.54, 1.807) is 0 Å². The summed E-state index contributed by atoms with van der Waals surface area (Å²) in [5.74, 6) is 1.83. The number of benzene rings is 1. The zero-order valence-electron chi connectivity index (χ0n) is 17.8. The molecule has 6 heteroatoms. The number of nitrogens with zero attached hydrogens (tertiary/aromatic N) is 3. The number of fused-ring (bicyclic) bond motifs is 4. The van der Waals surface area contributed by atoms with Gasteiger partial charge in [0.05, 0.1) is 0 Å². The molecule has 4 rings (SSSR count). The Hall–Kier alpha value is -2.08. The fraction of sp³-hybridized carbons (Fsp3) is 0.652. The molecule has 1 aromatic carbocycles. The maximum atomic E-state index is 12.9. The molecule has 0 saturated carbocycles. The monoisotopic (exact) mass is 399 g/mol. The highest BCUT2D eigenvalue weighted by Crippen LogP contribution is 2.41. The molecule has 158 valence electrons. The number of carbonyl (C=O) groups is 2. The van der Waals surface area contributed by atoms with Crippen molar-refractivity contribution >= 4 is 11.8 Å². The summed E-state index contributed by atoms with van der Waals surface area (Å²) >= 11 is 0. The summed E-state index contributed by atoms with van der Waals surface area (Å²) in [6.45, 7) is 4.44. The van der Waals surface area contributed by atoms with E-state index >= 15 is 0 Å². The Bertz CT molecular complexity index is 748. The summed E-state index contributed by atoms with van der Waals surface area (Å²) in [6.07, 6.45) is 3.83. The Morgan fingerprint density at radius 1 is 1.17 bits per heavy atom. The van der Waals surface area contributed by atoms with Gasteiger partial charge in [-0.25, -0.2) is 0 Å². The minimum absolute atomic E-state index is 0.0551. The van der Waals surface area contributed by atoms with Crippen LogP contribution in [0.3, 0.4) is 0 Å². The highest BCUT2D eigenvalue weighted by atomic mass is 16.5. The molecule has 3 aliphatic rings. The molecule has 6 nitrogen and oxygen atoms in total. The third kappa shape index (κ3) is 4.27. The van der Waals surface area contributed by atoms with Gasteiger partial charge in [0, 0.05) is 38.1 Å². The van der Waals surface area contributed by atoms with Gasteiger partial charge in [-0.05, 0) is 64.3 Å². The summed E-state index contributed by atoms with van der Waals surface area (Å²) in [5, 5.41) is 0. The number of aryl methyl sites for hydroxylation is 1. The van der Waals surface area contributed by atoms with Crippen LogP contribution in [0, 0.1) is 18.8 Å². The Morgan fingerprint density at radius 3 is 2.62 bits per heavy atom. The van der Waals surface area contributed by atoms with E-state index in [-0.39, 0.29) is 24.6 Å². The van der Waals surface area contributed by atoms with Crippen molar-refractivity contribution in [2.45, 2.75) is 44.7 Å². The molecule has 2 amide bonds.